The molecule has 1 N–H and O–H groups in total. The zero-order valence-electron chi connectivity index (χ0n) is 14.2. The molecule has 2 heterocycles. The normalized spacial score (nSPS) is 21.3. The van der Waals surface area contributed by atoms with Crippen LogP contribution in [0.25, 0.3) is 0 Å². The van der Waals surface area contributed by atoms with Crippen LogP contribution in [0.3, 0.4) is 0 Å². The van der Waals surface area contributed by atoms with E-state index >= 15 is 0 Å². The quantitative estimate of drug-likeness (QED) is 0.837. The van der Waals surface area contributed by atoms with Crippen LogP contribution in [0.1, 0.15) is 52.5 Å². The fourth-order valence-electron chi connectivity index (χ4n) is 3.53. The van der Waals surface area contributed by atoms with Gasteiger partial charge in [-0.1, -0.05) is 11.6 Å². The molecule has 3 amide bonds. The third-order valence-corrected chi connectivity index (χ3v) is 4.89. The zero-order chi connectivity index (χ0) is 18.3. The van der Waals surface area contributed by atoms with Gasteiger partial charge in [0, 0.05) is 6.54 Å². The maximum Gasteiger partial charge on any atom is 0.326 e. The number of piperidine rings is 1. The van der Waals surface area contributed by atoms with Crippen molar-refractivity contribution in [1.82, 2.24) is 9.80 Å². The maximum atomic E-state index is 12.8. The molecule has 7 nitrogen and oxygen atoms in total. The van der Waals surface area contributed by atoms with Gasteiger partial charge in [0.15, 0.2) is 0 Å². The number of aliphatic carboxylic acids is 1. The minimum absolute atomic E-state index is 0.281. The van der Waals surface area contributed by atoms with Gasteiger partial charge < -0.3 is 10.0 Å². The molecule has 0 saturated carbocycles. The van der Waals surface area contributed by atoms with Crippen molar-refractivity contribution in [2.75, 3.05) is 6.54 Å². The lowest BCUT2D eigenvalue weighted by Crippen LogP contribution is -2.55. The van der Waals surface area contributed by atoms with Crippen molar-refractivity contribution in [2.45, 2.75) is 45.2 Å². The minimum atomic E-state index is -1.06. The van der Waals surface area contributed by atoms with E-state index in [2.05, 4.69) is 0 Å². The van der Waals surface area contributed by atoms with Gasteiger partial charge in [-0.2, -0.15) is 0 Å². The number of hydrogen-bond acceptors (Lipinski definition) is 4. The van der Waals surface area contributed by atoms with Gasteiger partial charge in [0.05, 0.1) is 11.1 Å². The third kappa shape index (κ3) is 2.79. The lowest BCUT2D eigenvalue weighted by atomic mass is 10.0. The second-order valence-corrected chi connectivity index (χ2v) is 6.59. The molecule has 2 aliphatic heterocycles. The summed E-state index contributed by atoms with van der Waals surface area (Å²) >= 11 is 0. The number of likely N-dealkylation sites (tertiary alicyclic amines) is 1. The standard InChI is InChI=1S/C18H20N2O5/c1-10-6-7-12-13(9-10)17(23)20(16(12)22)11(2)15(21)19-8-4-3-5-14(19)18(24)25/h6-7,9,11,14H,3-5,8H2,1-2H3,(H,24,25). The molecule has 132 valence electrons. The van der Waals surface area contributed by atoms with Crippen LogP contribution in [0, 0.1) is 6.92 Å². The highest BCUT2D eigenvalue weighted by atomic mass is 16.4. The Morgan fingerprint density at radius 3 is 2.52 bits per heavy atom. The van der Waals surface area contributed by atoms with Gasteiger partial charge in [0.25, 0.3) is 11.8 Å². The number of benzene rings is 1. The minimum Gasteiger partial charge on any atom is -0.480 e. The molecule has 2 atom stereocenters. The van der Waals surface area contributed by atoms with Crippen LogP contribution in [0.4, 0.5) is 0 Å². The van der Waals surface area contributed by atoms with Crippen LogP contribution in [-0.2, 0) is 9.59 Å². The second-order valence-electron chi connectivity index (χ2n) is 6.59. The summed E-state index contributed by atoms with van der Waals surface area (Å²) < 4.78 is 0. The van der Waals surface area contributed by atoms with Crippen LogP contribution in [-0.4, -0.2) is 57.2 Å². The fraction of sp³-hybridized carbons (Fsp3) is 0.444. The number of hydrogen-bond donors (Lipinski definition) is 1. The van der Waals surface area contributed by atoms with Crippen LogP contribution in [0.5, 0.6) is 0 Å². The topological polar surface area (TPSA) is 95.0 Å². The number of fused-ring (bicyclic) bond motifs is 1. The molecule has 1 aromatic rings. The highest BCUT2D eigenvalue weighted by Crippen LogP contribution is 2.27. The largest absolute Gasteiger partial charge is 0.480 e. The molecule has 2 unspecified atom stereocenters. The number of carboxylic acids is 1. The highest BCUT2D eigenvalue weighted by Gasteiger charge is 2.44. The monoisotopic (exact) mass is 344 g/mol. The summed E-state index contributed by atoms with van der Waals surface area (Å²) in [6, 6.07) is 3.02. The molecule has 0 aliphatic carbocycles. The summed E-state index contributed by atoms with van der Waals surface area (Å²) in [5.41, 5.74) is 1.42. The van der Waals surface area contributed by atoms with Crippen molar-refractivity contribution in [3.05, 3.63) is 34.9 Å². The van der Waals surface area contributed by atoms with Gasteiger partial charge in [-0.15, -0.1) is 0 Å². The molecular formula is C18H20N2O5. The Hall–Kier alpha value is -2.70. The molecule has 0 radical (unpaired) electrons. The molecule has 25 heavy (non-hydrogen) atoms. The SMILES string of the molecule is Cc1ccc2c(c1)C(=O)N(C(C)C(=O)N1CCCCC1C(=O)O)C2=O. The van der Waals surface area contributed by atoms with Gasteiger partial charge in [-0.25, -0.2) is 4.79 Å². The Labute approximate surface area is 145 Å². The summed E-state index contributed by atoms with van der Waals surface area (Å²) in [5, 5.41) is 9.34. The molecule has 1 saturated heterocycles. The second kappa shape index (κ2) is 6.31. The van der Waals surface area contributed by atoms with Crippen molar-refractivity contribution in [3.63, 3.8) is 0 Å². The van der Waals surface area contributed by atoms with E-state index in [1.54, 1.807) is 18.2 Å². The number of amides is 3. The number of rotatable bonds is 3. The average molecular weight is 344 g/mol. The van der Waals surface area contributed by atoms with E-state index < -0.39 is 35.8 Å². The Balaban J connectivity index is 1.87. The maximum absolute atomic E-state index is 12.8. The van der Waals surface area contributed by atoms with Gasteiger partial charge in [-0.05, 0) is 45.2 Å². The van der Waals surface area contributed by atoms with Crippen molar-refractivity contribution >= 4 is 23.7 Å². The number of carbonyl (C=O) groups excluding carboxylic acids is 3. The summed E-state index contributed by atoms with van der Waals surface area (Å²) in [4.78, 5) is 51.7. The molecule has 0 aromatic heterocycles. The van der Waals surface area contributed by atoms with E-state index in [1.165, 1.54) is 11.8 Å². The van der Waals surface area contributed by atoms with Gasteiger partial charge in [0.2, 0.25) is 5.91 Å². The number of carbonyl (C=O) groups is 4. The molecule has 0 bridgehead atoms. The molecule has 2 aliphatic rings. The molecule has 1 fully saturated rings. The Morgan fingerprint density at radius 2 is 1.84 bits per heavy atom. The third-order valence-electron chi connectivity index (χ3n) is 4.89. The zero-order valence-corrected chi connectivity index (χ0v) is 14.2. The van der Waals surface area contributed by atoms with E-state index in [-0.39, 0.29) is 11.1 Å². The van der Waals surface area contributed by atoms with E-state index in [4.69, 9.17) is 0 Å². The summed E-state index contributed by atoms with van der Waals surface area (Å²) in [6.45, 7) is 3.62. The van der Waals surface area contributed by atoms with Crippen molar-refractivity contribution in [3.8, 4) is 0 Å². The predicted molar refractivity (Wildman–Crippen MR) is 88.1 cm³/mol. The summed E-state index contributed by atoms with van der Waals surface area (Å²) in [6.07, 6.45) is 1.83. The van der Waals surface area contributed by atoms with Crippen LogP contribution in [0.15, 0.2) is 18.2 Å². The predicted octanol–water partition coefficient (Wildman–Crippen LogP) is 1.45. The van der Waals surface area contributed by atoms with Gasteiger partial charge in [-0.3, -0.25) is 19.3 Å². The van der Waals surface area contributed by atoms with E-state index in [9.17, 15) is 24.3 Å². The number of nitrogens with zero attached hydrogens (tertiary/aromatic N) is 2. The number of aryl methyl sites for hydroxylation is 1. The molecule has 7 heteroatoms. The average Bonchev–Trinajstić information content (AvgIpc) is 2.84. The van der Waals surface area contributed by atoms with Crippen molar-refractivity contribution in [2.24, 2.45) is 0 Å². The lowest BCUT2D eigenvalue weighted by molar-refractivity contribution is -0.153. The molecule has 1 aromatic carbocycles. The smallest absolute Gasteiger partial charge is 0.326 e. The Kier molecular flexibility index (Phi) is 4.32. The van der Waals surface area contributed by atoms with Gasteiger partial charge >= 0.3 is 5.97 Å². The summed E-state index contributed by atoms with van der Waals surface area (Å²) in [7, 11) is 0. The van der Waals surface area contributed by atoms with Crippen LogP contribution >= 0.6 is 0 Å². The first-order valence-electron chi connectivity index (χ1n) is 8.34. The highest BCUT2D eigenvalue weighted by molar-refractivity contribution is 6.22. The first-order chi connectivity index (χ1) is 11.8. The molecule has 3 rings (SSSR count). The van der Waals surface area contributed by atoms with Gasteiger partial charge in [0.1, 0.15) is 12.1 Å². The Bertz CT molecular complexity index is 773. The molecule has 0 spiro atoms. The first kappa shape index (κ1) is 17.1. The van der Waals surface area contributed by atoms with Crippen molar-refractivity contribution in [1.29, 1.82) is 0 Å². The van der Waals surface area contributed by atoms with Crippen LogP contribution in [0.2, 0.25) is 0 Å². The van der Waals surface area contributed by atoms with E-state index in [0.717, 1.165) is 16.9 Å². The van der Waals surface area contributed by atoms with Crippen LogP contribution < -0.4 is 0 Å². The van der Waals surface area contributed by atoms with E-state index in [0.29, 0.717) is 19.4 Å². The number of imide groups is 1. The molecular weight excluding hydrogens is 324 g/mol. The Morgan fingerprint density at radius 1 is 1.16 bits per heavy atom. The lowest BCUT2D eigenvalue weighted by Gasteiger charge is -2.36. The van der Waals surface area contributed by atoms with E-state index in [1.807, 2.05) is 6.92 Å². The number of carboxylic acid groups (broad SMARTS) is 1. The first-order valence-corrected chi connectivity index (χ1v) is 8.34. The fourth-order valence-corrected chi connectivity index (χ4v) is 3.53. The van der Waals surface area contributed by atoms with Crippen molar-refractivity contribution < 1.29 is 24.3 Å². The summed E-state index contributed by atoms with van der Waals surface area (Å²) in [5.74, 6) is -2.57.